The number of carbonyl (C=O) groups is 4. The predicted molar refractivity (Wildman–Crippen MR) is 142 cm³/mol. The number of benzene rings is 1. The molecular weight excluding hydrogens is 488 g/mol. The molecule has 1 aromatic rings. The first-order valence-corrected chi connectivity index (χ1v) is 12.1. The summed E-state index contributed by atoms with van der Waals surface area (Å²) in [6, 6.07) is 7.14. The Hall–Kier alpha value is -4.24. The summed E-state index contributed by atoms with van der Waals surface area (Å²) in [6.07, 6.45) is 5.80. The largest absolute Gasteiger partial charge is 0.366 e. The lowest BCUT2D eigenvalue weighted by atomic mass is 9.90. The maximum absolute atomic E-state index is 11.9. The molecule has 0 aromatic heterocycles. The second-order valence-electron chi connectivity index (χ2n) is 9.34. The van der Waals surface area contributed by atoms with Gasteiger partial charge in [-0.2, -0.15) is 0 Å². The van der Waals surface area contributed by atoms with Crippen molar-refractivity contribution < 1.29 is 33.6 Å². The summed E-state index contributed by atoms with van der Waals surface area (Å²) in [7, 11) is 0. The number of allylic oxidation sites excluding steroid dienone is 8. The lowest BCUT2D eigenvalue weighted by Crippen LogP contribution is -2.17. The Labute approximate surface area is 221 Å². The van der Waals surface area contributed by atoms with Crippen LogP contribution in [0.1, 0.15) is 50.5 Å². The van der Waals surface area contributed by atoms with Crippen LogP contribution >= 0.6 is 0 Å². The summed E-state index contributed by atoms with van der Waals surface area (Å²) in [6.45, 7) is 11.3. The van der Waals surface area contributed by atoms with Gasteiger partial charge in [-0.25, -0.2) is 9.59 Å². The highest BCUT2D eigenvalue weighted by atomic mass is 16.7. The van der Waals surface area contributed by atoms with E-state index < -0.39 is 18.0 Å². The molecule has 2 aliphatic carbocycles. The highest BCUT2D eigenvalue weighted by molar-refractivity contribution is 6.22. The smallest absolute Gasteiger partial charge is 0.361 e. The molecule has 1 saturated heterocycles. The van der Waals surface area contributed by atoms with Crippen LogP contribution in [0.3, 0.4) is 0 Å². The summed E-state index contributed by atoms with van der Waals surface area (Å²) in [5.41, 5.74) is 4.91. The van der Waals surface area contributed by atoms with E-state index in [4.69, 9.17) is 14.4 Å². The number of oxime groups is 2. The molecule has 198 valence electrons. The monoisotopic (exact) mass is 518 g/mol. The van der Waals surface area contributed by atoms with E-state index in [9.17, 15) is 19.2 Å². The minimum atomic E-state index is -0.508. The molecule has 0 N–H and O–H groups in total. The molecule has 1 heterocycles. The van der Waals surface area contributed by atoms with Crippen molar-refractivity contribution in [2.24, 2.45) is 16.2 Å². The molecule has 1 aliphatic heterocycles. The van der Waals surface area contributed by atoms with Gasteiger partial charge in [0, 0.05) is 5.57 Å². The second kappa shape index (κ2) is 12.3. The molecule has 1 aromatic carbocycles. The van der Waals surface area contributed by atoms with Gasteiger partial charge in [0.25, 0.3) is 0 Å². The Morgan fingerprint density at radius 1 is 0.842 bits per heavy atom. The van der Waals surface area contributed by atoms with E-state index in [1.807, 2.05) is 32.9 Å². The number of hydrogen-bond donors (Lipinski definition) is 0. The Kier molecular flexibility index (Phi) is 9.20. The third-order valence-electron chi connectivity index (χ3n) is 5.87. The van der Waals surface area contributed by atoms with Gasteiger partial charge in [0.05, 0.1) is 12.2 Å². The molecule has 1 unspecified atom stereocenters. The first-order valence-electron chi connectivity index (χ1n) is 12.1. The van der Waals surface area contributed by atoms with Crippen molar-refractivity contribution >= 4 is 34.9 Å². The van der Waals surface area contributed by atoms with E-state index in [2.05, 4.69) is 10.3 Å². The van der Waals surface area contributed by atoms with E-state index >= 15 is 0 Å². The summed E-state index contributed by atoms with van der Waals surface area (Å²) < 4.78 is 4.79. The second-order valence-corrected chi connectivity index (χ2v) is 9.34. The number of rotatable bonds is 5. The van der Waals surface area contributed by atoms with Crippen molar-refractivity contribution in [2.45, 2.75) is 47.6 Å². The van der Waals surface area contributed by atoms with Crippen LogP contribution in [0.15, 0.2) is 81.2 Å². The van der Waals surface area contributed by atoms with Crippen LogP contribution < -0.4 is 0 Å². The molecule has 0 bridgehead atoms. The van der Waals surface area contributed by atoms with E-state index in [1.165, 1.54) is 12.2 Å². The average Bonchev–Trinajstić information content (AvgIpc) is 3.71. The third-order valence-corrected chi connectivity index (χ3v) is 5.87. The van der Waals surface area contributed by atoms with Crippen molar-refractivity contribution in [1.82, 2.24) is 0 Å². The quantitative estimate of drug-likeness (QED) is 0.245. The minimum absolute atomic E-state index is 0.0155. The van der Waals surface area contributed by atoms with Gasteiger partial charge in [0.2, 0.25) is 0 Å². The molecule has 9 heteroatoms. The fraction of sp³-hybridized carbons (Fsp3) is 0.310. The van der Waals surface area contributed by atoms with Crippen molar-refractivity contribution in [3.05, 3.63) is 82.0 Å². The van der Waals surface area contributed by atoms with Gasteiger partial charge in [-0.15, -0.1) is 0 Å². The summed E-state index contributed by atoms with van der Waals surface area (Å²) in [5, 5.41) is 7.62. The van der Waals surface area contributed by atoms with Gasteiger partial charge in [-0.05, 0) is 86.3 Å². The Morgan fingerprint density at radius 3 is 2.03 bits per heavy atom. The molecule has 0 saturated carbocycles. The summed E-state index contributed by atoms with van der Waals surface area (Å²) in [4.78, 5) is 56.1. The highest BCUT2D eigenvalue weighted by Gasteiger charge is 2.33. The summed E-state index contributed by atoms with van der Waals surface area (Å²) in [5.74, 6) is -0.961. The molecule has 9 nitrogen and oxygen atoms in total. The molecule has 1 atom stereocenters. The van der Waals surface area contributed by atoms with Gasteiger partial charge in [0.15, 0.2) is 17.7 Å². The van der Waals surface area contributed by atoms with E-state index in [-0.39, 0.29) is 17.5 Å². The molecule has 38 heavy (non-hydrogen) atoms. The Bertz CT molecular complexity index is 1350. The zero-order valence-electron chi connectivity index (χ0n) is 22.2. The van der Waals surface area contributed by atoms with Crippen LogP contribution in [-0.4, -0.2) is 47.6 Å². The summed E-state index contributed by atoms with van der Waals surface area (Å²) >= 11 is 0. The van der Waals surface area contributed by atoms with Crippen molar-refractivity contribution in [2.75, 3.05) is 6.61 Å². The first-order chi connectivity index (χ1) is 18.0. The van der Waals surface area contributed by atoms with E-state index in [0.29, 0.717) is 45.9 Å². The number of aryl methyl sites for hydroxylation is 1. The van der Waals surface area contributed by atoms with Gasteiger partial charge < -0.3 is 14.4 Å². The highest BCUT2D eigenvalue weighted by Crippen LogP contribution is 2.20. The Balaban J connectivity index is 0.000000212. The van der Waals surface area contributed by atoms with Gasteiger partial charge in [0.1, 0.15) is 11.4 Å². The SMILES string of the molecule is CC1=CC(=NOC(=O)c2ccccc2C)C(C)=CC1=O.CC1=CC(=O)C(C(C)C)=CC1=NOC(=O)C1CO1. The number of carbonyl (C=O) groups excluding carboxylic acids is 4. The van der Waals surface area contributed by atoms with Crippen molar-refractivity contribution in [3.63, 3.8) is 0 Å². The molecule has 0 amide bonds. The Morgan fingerprint density at radius 2 is 1.42 bits per heavy atom. The van der Waals surface area contributed by atoms with Gasteiger partial charge in [-0.1, -0.05) is 42.4 Å². The van der Waals surface area contributed by atoms with Crippen molar-refractivity contribution in [1.29, 1.82) is 0 Å². The van der Waals surface area contributed by atoms with Crippen molar-refractivity contribution in [3.8, 4) is 0 Å². The van der Waals surface area contributed by atoms with E-state index in [0.717, 1.165) is 5.56 Å². The number of nitrogens with zero attached hydrogens (tertiary/aromatic N) is 2. The fourth-order valence-corrected chi connectivity index (χ4v) is 3.39. The zero-order chi connectivity index (χ0) is 28.0. The fourth-order valence-electron chi connectivity index (χ4n) is 3.39. The van der Waals surface area contributed by atoms with Gasteiger partial charge >= 0.3 is 11.9 Å². The first kappa shape index (κ1) is 28.3. The average molecular weight is 519 g/mol. The lowest BCUT2D eigenvalue weighted by Gasteiger charge is -2.14. The molecule has 1 fully saturated rings. The number of ether oxygens (including phenoxy) is 1. The van der Waals surface area contributed by atoms with Crippen LogP contribution in [0.4, 0.5) is 0 Å². The molecule has 3 aliphatic rings. The standard InChI is InChI=1S/C16H15NO3.C13H15NO4/c1-10-6-4-5-7-13(10)16(19)20-17-14-8-12(3)15(18)9-11(14)2;1-7(2)9-5-10(8(3)4-11(9)15)14-18-13(16)12-6-17-12/h4-9H,1-3H3;4-5,7,12H,6H2,1-3H3. The number of hydrogen-bond acceptors (Lipinski definition) is 9. The third kappa shape index (κ3) is 7.39. The van der Waals surface area contributed by atoms with Crippen LogP contribution in [0, 0.1) is 12.8 Å². The number of ketones is 2. The maximum atomic E-state index is 11.9. The number of epoxide rings is 1. The molecule has 4 rings (SSSR count). The minimum Gasteiger partial charge on any atom is -0.361 e. The molecule has 0 spiro atoms. The predicted octanol–water partition coefficient (Wildman–Crippen LogP) is 4.38. The van der Waals surface area contributed by atoms with Crippen LogP contribution in [-0.2, 0) is 28.8 Å². The van der Waals surface area contributed by atoms with Crippen LogP contribution in [0.5, 0.6) is 0 Å². The zero-order valence-corrected chi connectivity index (χ0v) is 22.2. The van der Waals surface area contributed by atoms with Crippen LogP contribution in [0.2, 0.25) is 0 Å². The van der Waals surface area contributed by atoms with E-state index in [1.54, 1.807) is 45.1 Å². The van der Waals surface area contributed by atoms with Crippen LogP contribution in [0.25, 0.3) is 0 Å². The normalized spacial score (nSPS) is 20.7. The van der Waals surface area contributed by atoms with Gasteiger partial charge in [-0.3, -0.25) is 9.59 Å². The topological polar surface area (TPSA) is 124 Å². The lowest BCUT2D eigenvalue weighted by molar-refractivity contribution is -0.145. The maximum Gasteiger partial charge on any atom is 0.366 e. The molecular formula is C29H30N2O7. The molecule has 0 radical (unpaired) electrons.